The smallest absolute Gasteiger partial charge is 0.0580 e. The van der Waals surface area contributed by atoms with E-state index in [2.05, 4.69) is 47.1 Å². The maximum Gasteiger partial charge on any atom is 0.0580 e. The molecule has 94 valence electrons. The second-order valence-electron chi connectivity index (χ2n) is 5.00. The van der Waals surface area contributed by atoms with Crippen molar-refractivity contribution in [2.45, 2.75) is 50.0 Å². The van der Waals surface area contributed by atoms with Crippen LogP contribution >= 0.6 is 15.9 Å². The molecule has 1 nitrogen and oxygen atoms in total. The summed E-state index contributed by atoms with van der Waals surface area (Å²) in [6.07, 6.45) is 5.46. The Bertz CT molecular complexity index is 327. The lowest BCUT2D eigenvalue weighted by atomic mass is 9.92. The zero-order valence-corrected chi connectivity index (χ0v) is 12.1. The van der Waals surface area contributed by atoms with Crippen LogP contribution in [0.25, 0.3) is 0 Å². The SMILES string of the molecule is CC(CC1CCCCO1)c1ccc(CBr)cc1. The molecular weight excluding hydrogens is 276 g/mol. The van der Waals surface area contributed by atoms with Gasteiger partial charge >= 0.3 is 0 Å². The van der Waals surface area contributed by atoms with Gasteiger partial charge in [0.15, 0.2) is 0 Å². The second kappa shape index (κ2) is 6.55. The highest BCUT2D eigenvalue weighted by atomic mass is 79.9. The Kier molecular flexibility index (Phi) is 5.05. The van der Waals surface area contributed by atoms with Crippen molar-refractivity contribution >= 4 is 15.9 Å². The minimum Gasteiger partial charge on any atom is -0.378 e. The molecule has 17 heavy (non-hydrogen) atoms. The number of ether oxygens (including phenoxy) is 1. The number of alkyl halides is 1. The molecule has 1 aliphatic heterocycles. The fourth-order valence-electron chi connectivity index (χ4n) is 2.46. The van der Waals surface area contributed by atoms with Crippen molar-refractivity contribution in [2.75, 3.05) is 6.61 Å². The van der Waals surface area contributed by atoms with E-state index in [1.165, 1.54) is 30.4 Å². The third-order valence-corrected chi connectivity index (χ3v) is 4.24. The van der Waals surface area contributed by atoms with Crippen LogP contribution in [0.3, 0.4) is 0 Å². The van der Waals surface area contributed by atoms with E-state index in [1.54, 1.807) is 0 Å². The van der Waals surface area contributed by atoms with E-state index < -0.39 is 0 Å². The molecule has 0 spiro atoms. The maximum atomic E-state index is 5.81. The van der Waals surface area contributed by atoms with Crippen LogP contribution < -0.4 is 0 Å². The van der Waals surface area contributed by atoms with Crippen LogP contribution in [-0.2, 0) is 10.1 Å². The van der Waals surface area contributed by atoms with Gasteiger partial charge in [0.2, 0.25) is 0 Å². The van der Waals surface area contributed by atoms with Gasteiger partial charge in [-0.1, -0.05) is 47.1 Å². The normalized spacial score (nSPS) is 22.4. The predicted octanol–water partition coefficient (Wildman–Crippen LogP) is 4.64. The number of rotatable bonds is 4. The Morgan fingerprint density at radius 1 is 1.29 bits per heavy atom. The highest BCUT2D eigenvalue weighted by molar-refractivity contribution is 9.08. The fraction of sp³-hybridized carbons (Fsp3) is 0.600. The minimum atomic E-state index is 0.481. The second-order valence-corrected chi connectivity index (χ2v) is 5.56. The molecule has 0 aromatic heterocycles. The molecule has 1 aromatic rings. The molecule has 0 radical (unpaired) electrons. The van der Waals surface area contributed by atoms with Gasteiger partial charge in [0, 0.05) is 11.9 Å². The lowest BCUT2D eigenvalue weighted by Crippen LogP contribution is -2.20. The summed E-state index contributed by atoms with van der Waals surface area (Å²) in [5.74, 6) is 0.600. The standard InChI is InChI=1S/C15H21BrO/c1-12(10-15-4-2-3-9-17-15)14-7-5-13(11-16)6-8-14/h5-8,12,15H,2-4,9-11H2,1H3. The molecule has 0 N–H and O–H groups in total. The lowest BCUT2D eigenvalue weighted by molar-refractivity contribution is 0.00791. The van der Waals surface area contributed by atoms with Crippen LogP contribution in [0.15, 0.2) is 24.3 Å². The molecule has 1 fully saturated rings. The van der Waals surface area contributed by atoms with Crippen LogP contribution in [0.1, 0.15) is 49.7 Å². The molecule has 0 bridgehead atoms. The monoisotopic (exact) mass is 296 g/mol. The number of hydrogen-bond acceptors (Lipinski definition) is 1. The average Bonchev–Trinajstić information content (AvgIpc) is 2.40. The van der Waals surface area contributed by atoms with Gasteiger partial charge < -0.3 is 4.74 Å². The van der Waals surface area contributed by atoms with Crippen LogP contribution in [-0.4, -0.2) is 12.7 Å². The zero-order valence-electron chi connectivity index (χ0n) is 10.5. The van der Waals surface area contributed by atoms with Crippen molar-refractivity contribution in [1.82, 2.24) is 0 Å². The molecule has 1 heterocycles. The first kappa shape index (κ1) is 13.1. The predicted molar refractivity (Wildman–Crippen MR) is 75.7 cm³/mol. The first-order chi connectivity index (χ1) is 8.29. The third-order valence-electron chi connectivity index (χ3n) is 3.59. The number of benzene rings is 1. The van der Waals surface area contributed by atoms with Gasteiger partial charge in [-0.3, -0.25) is 0 Å². The van der Waals surface area contributed by atoms with Gasteiger partial charge in [0.05, 0.1) is 6.10 Å². The van der Waals surface area contributed by atoms with Crippen LogP contribution in [0.5, 0.6) is 0 Å². The highest BCUT2D eigenvalue weighted by Gasteiger charge is 2.17. The van der Waals surface area contributed by atoms with Crippen molar-refractivity contribution in [3.8, 4) is 0 Å². The molecular formula is C15H21BrO. The Morgan fingerprint density at radius 3 is 2.65 bits per heavy atom. The van der Waals surface area contributed by atoms with Crippen molar-refractivity contribution in [3.05, 3.63) is 35.4 Å². The molecule has 2 unspecified atom stereocenters. The summed E-state index contributed by atoms with van der Waals surface area (Å²) >= 11 is 3.48. The summed E-state index contributed by atoms with van der Waals surface area (Å²) in [6, 6.07) is 8.93. The quantitative estimate of drug-likeness (QED) is 0.735. The largest absolute Gasteiger partial charge is 0.378 e. The number of halogens is 1. The van der Waals surface area contributed by atoms with E-state index in [0.29, 0.717) is 12.0 Å². The van der Waals surface area contributed by atoms with Crippen molar-refractivity contribution in [2.24, 2.45) is 0 Å². The summed E-state index contributed by atoms with van der Waals surface area (Å²) in [6.45, 7) is 3.26. The van der Waals surface area contributed by atoms with E-state index in [4.69, 9.17) is 4.74 Å². The molecule has 0 saturated carbocycles. The molecule has 1 saturated heterocycles. The van der Waals surface area contributed by atoms with E-state index >= 15 is 0 Å². The third kappa shape index (κ3) is 3.82. The Labute approximate surface area is 113 Å². The Morgan fingerprint density at radius 2 is 2.06 bits per heavy atom. The summed E-state index contributed by atoms with van der Waals surface area (Å²) in [5, 5.41) is 0.938. The van der Waals surface area contributed by atoms with Gasteiger partial charge in [-0.2, -0.15) is 0 Å². The number of hydrogen-bond donors (Lipinski definition) is 0. The summed E-state index contributed by atoms with van der Waals surface area (Å²) in [5.41, 5.74) is 2.78. The highest BCUT2D eigenvalue weighted by Crippen LogP contribution is 2.26. The van der Waals surface area contributed by atoms with E-state index in [0.717, 1.165) is 18.4 Å². The van der Waals surface area contributed by atoms with Gasteiger partial charge in [0.25, 0.3) is 0 Å². The first-order valence-electron chi connectivity index (χ1n) is 6.56. The minimum absolute atomic E-state index is 0.481. The molecule has 1 aromatic carbocycles. The van der Waals surface area contributed by atoms with E-state index in [-0.39, 0.29) is 0 Å². The first-order valence-corrected chi connectivity index (χ1v) is 7.68. The Balaban J connectivity index is 1.91. The average molecular weight is 297 g/mol. The van der Waals surface area contributed by atoms with Gasteiger partial charge in [0.1, 0.15) is 0 Å². The molecule has 2 rings (SSSR count). The maximum absolute atomic E-state index is 5.81. The summed E-state index contributed by atoms with van der Waals surface area (Å²) < 4.78 is 5.81. The van der Waals surface area contributed by atoms with Crippen molar-refractivity contribution in [3.63, 3.8) is 0 Å². The molecule has 0 aliphatic carbocycles. The fourth-order valence-corrected chi connectivity index (χ4v) is 2.83. The van der Waals surface area contributed by atoms with Crippen molar-refractivity contribution in [1.29, 1.82) is 0 Å². The topological polar surface area (TPSA) is 9.23 Å². The van der Waals surface area contributed by atoms with Gasteiger partial charge in [-0.25, -0.2) is 0 Å². The van der Waals surface area contributed by atoms with Gasteiger partial charge in [-0.15, -0.1) is 0 Å². The summed E-state index contributed by atoms with van der Waals surface area (Å²) in [4.78, 5) is 0. The van der Waals surface area contributed by atoms with Gasteiger partial charge in [-0.05, 0) is 42.7 Å². The van der Waals surface area contributed by atoms with Crippen LogP contribution in [0.4, 0.5) is 0 Å². The summed E-state index contributed by atoms with van der Waals surface area (Å²) in [7, 11) is 0. The molecule has 1 aliphatic rings. The zero-order chi connectivity index (χ0) is 12.1. The van der Waals surface area contributed by atoms with E-state index in [1.807, 2.05) is 0 Å². The van der Waals surface area contributed by atoms with Crippen LogP contribution in [0.2, 0.25) is 0 Å². The van der Waals surface area contributed by atoms with E-state index in [9.17, 15) is 0 Å². The Hall–Kier alpha value is -0.340. The molecule has 2 heteroatoms. The molecule has 0 amide bonds. The van der Waals surface area contributed by atoms with Crippen LogP contribution in [0, 0.1) is 0 Å². The van der Waals surface area contributed by atoms with Crippen molar-refractivity contribution < 1.29 is 4.74 Å². The molecule has 2 atom stereocenters. The lowest BCUT2D eigenvalue weighted by Gasteiger charge is -2.25.